The number of rotatable bonds is 8. The number of likely N-dealkylation sites (N-methyl/N-ethyl adjacent to an activating group) is 1. The lowest BCUT2D eigenvalue weighted by Crippen LogP contribution is -2.33. The molecule has 152 valence electrons. The van der Waals surface area contributed by atoms with Gasteiger partial charge in [-0.15, -0.1) is 11.3 Å². The third kappa shape index (κ3) is 5.51. The Bertz CT molecular complexity index is 944. The van der Waals surface area contributed by atoms with E-state index in [-0.39, 0.29) is 17.4 Å². The second kappa shape index (κ2) is 9.46. The van der Waals surface area contributed by atoms with Crippen LogP contribution in [0.2, 0.25) is 5.02 Å². The Balaban J connectivity index is 1.94. The number of sulfonamides is 1. The number of anilines is 1. The summed E-state index contributed by atoms with van der Waals surface area (Å²) in [6, 6.07) is 5.65. The van der Waals surface area contributed by atoms with E-state index in [1.807, 2.05) is 6.92 Å². The Hall–Kier alpha value is -2.01. The molecule has 8 nitrogen and oxygen atoms in total. The third-order valence-corrected chi connectivity index (χ3v) is 6.70. The monoisotopic (exact) mass is 445 g/mol. The normalized spacial score (nSPS) is 11.5. The van der Waals surface area contributed by atoms with Crippen molar-refractivity contribution in [2.75, 3.05) is 25.0 Å². The highest BCUT2D eigenvalue weighted by Gasteiger charge is 2.23. The molecular weight excluding hydrogens is 426 g/mol. The van der Waals surface area contributed by atoms with Gasteiger partial charge in [0.1, 0.15) is 13.2 Å². The molecule has 2 rings (SSSR count). The zero-order valence-electron chi connectivity index (χ0n) is 15.6. The van der Waals surface area contributed by atoms with E-state index in [0.717, 1.165) is 4.31 Å². The SMILES string of the molecule is CCN(C(C)=O)c1nc(COC(=O)CN(C)S(=O)(=O)c2ccc(Cl)cc2)cs1. The fourth-order valence-corrected chi connectivity index (χ4v) is 4.39. The van der Waals surface area contributed by atoms with E-state index in [1.165, 1.54) is 54.5 Å². The molecule has 11 heteroatoms. The molecule has 1 heterocycles. The summed E-state index contributed by atoms with van der Waals surface area (Å²) < 4.78 is 30.9. The van der Waals surface area contributed by atoms with Crippen molar-refractivity contribution in [3.05, 3.63) is 40.4 Å². The molecule has 1 amide bonds. The molecule has 0 N–H and O–H groups in total. The Morgan fingerprint density at radius 1 is 1.25 bits per heavy atom. The lowest BCUT2D eigenvalue weighted by Gasteiger charge is -2.16. The minimum atomic E-state index is -3.84. The maximum Gasteiger partial charge on any atom is 0.321 e. The number of esters is 1. The molecule has 1 aromatic heterocycles. The number of halogens is 1. The van der Waals surface area contributed by atoms with Crippen LogP contribution in [0.1, 0.15) is 19.5 Å². The van der Waals surface area contributed by atoms with Crippen LogP contribution in [0.15, 0.2) is 34.5 Å². The predicted octanol–water partition coefficient (Wildman–Crippen LogP) is 2.53. The molecule has 0 aliphatic rings. The number of benzene rings is 1. The Morgan fingerprint density at radius 2 is 1.89 bits per heavy atom. The largest absolute Gasteiger partial charge is 0.458 e. The van der Waals surface area contributed by atoms with Gasteiger partial charge < -0.3 is 4.74 Å². The summed E-state index contributed by atoms with van der Waals surface area (Å²) in [4.78, 5) is 29.4. The van der Waals surface area contributed by atoms with E-state index in [0.29, 0.717) is 22.4 Å². The van der Waals surface area contributed by atoms with Gasteiger partial charge in [0.05, 0.1) is 10.6 Å². The van der Waals surface area contributed by atoms with Gasteiger partial charge >= 0.3 is 5.97 Å². The van der Waals surface area contributed by atoms with E-state index >= 15 is 0 Å². The Morgan fingerprint density at radius 3 is 2.46 bits per heavy atom. The van der Waals surface area contributed by atoms with Crippen LogP contribution >= 0.6 is 22.9 Å². The van der Waals surface area contributed by atoms with Crippen molar-refractivity contribution in [2.45, 2.75) is 25.3 Å². The average molecular weight is 446 g/mol. The smallest absolute Gasteiger partial charge is 0.321 e. The van der Waals surface area contributed by atoms with Gasteiger partial charge in [0.2, 0.25) is 15.9 Å². The lowest BCUT2D eigenvalue weighted by atomic mass is 10.4. The number of ether oxygens (including phenoxy) is 1. The first kappa shape index (κ1) is 22.3. The molecule has 0 aliphatic carbocycles. The highest BCUT2D eigenvalue weighted by Crippen LogP contribution is 2.21. The average Bonchev–Trinajstić information content (AvgIpc) is 3.09. The summed E-state index contributed by atoms with van der Waals surface area (Å²) in [5, 5.41) is 2.61. The van der Waals surface area contributed by atoms with Crippen molar-refractivity contribution in [3.63, 3.8) is 0 Å². The number of amides is 1. The van der Waals surface area contributed by atoms with Crippen LogP contribution < -0.4 is 4.90 Å². The third-order valence-electron chi connectivity index (χ3n) is 3.72. The van der Waals surface area contributed by atoms with E-state index in [4.69, 9.17) is 16.3 Å². The summed E-state index contributed by atoms with van der Waals surface area (Å²) in [5.74, 6) is -0.845. The number of thiazole rings is 1. The highest BCUT2D eigenvalue weighted by molar-refractivity contribution is 7.89. The molecule has 0 saturated carbocycles. The van der Waals surface area contributed by atoms with Gasteiger partial charge in [-0.1, -0.05) is 11.6 Å². The first-order valence-corrected chi connectivity index (χ1v) is 10.9. The van der Waals surface area contributed by atoms with Gasteiger partial charge in [-0.05, 0) is 31.2 Å². The van der Waals surface area contributed by atoms with Crippen LogP contribution in [-0.2, 0) is 31.0 Å². The van der Waals surface area contributed by atoms with Crippen molar-refractivity contribution >= 4 is 50.0 Å². The summed E-state index contributed by atoms with van der Waals surface area (Å²) in [6.07, 6.45) is 0. The molecule has 0 aliphatic heterocycles. The van der Waals surface area contributed by atoms with Crippen LogP contribution in [-0.4, -0.2) is 49.7 Å². The zero-order chi connectivity index (χ0) is 20.9. The highest BCUT2D eigenvalue weighted by atomic mass is 35.5. The second-order valence-corrected chi connectivity index (χ2v) is 9.08. The van der Waals surface area contributed by atoms with Crippen molar-refractivity contribution in [1.82, 2.24) is 9.29 Å². The predicted molar refractivity (Wildman–Crippen MR) is 107 cm³/mol. The first-order chi connectivity index (χ1) is 13.1. The topological polar surface area (TPSA) is 96.9 Å². The van der Waals surface area contributed by atoms with E-state index < -0.39 is 22.5 Å². The Kier molecular flexibility index (Phi) is 7.53. The summed E-state index contributed by atoms with van der Waals surface area (Å²) in [6.45, 7) is 3.20. The van der Waals surface area contributed by atoms with E-state index in [2.05, 4.69) is 4.98 Å². The van der Waals surface area contributed by atoms with Gasteiger partial charge in [0.25, 0.3) is 0 Å². The second-order valence-electron chi connectivity index (χ2n) is 5.76. The van der Waals surface area contributed by atoms with Crippen molar-refractivity contribution in [2.24, 2.45) is 0 Å². The van der Waals surface area contributed by atoms with Gasteiger partial charge in [0, 0.05) is 30.9 Å². The molecule has 0 spiro atoms. The quantitative estimate of drug-likeness (QED) is 0.579. The lowest BCUT2D eigenvalue weighted by molar-refractivity contribution is -0.145. The summed E-state index contributed by atoms with van der Waals surface area (Å²) >= 11 is 7.03. The number of hydrogen-bond acceptors (Lipinski definition) is 7. The zero-order valence-corrected chi connectivity index (χ0v) is 18.0. The van der Waals surface area contributed by atoms with Crippen LogP contribution in [0.5, 0.6) is 0 Å². The van der Waals surface area contributed by atoms with Crippen molar-refractivity contribution in [1.29, 1.82) is 0 Å². The molecule has 2 aromatic rings. The molecule has 0 radical (unpaired) electrons. The molecule has 0 atom stereocenters. The minimum Gasteiger partial charge on any atom is -0.458 e. The summed E-state index contributed by atoms with van der Waals surface area (Å²) in [5.41, 5.74) is 0.483. The molecule has 0 bridgehead atoms. The molecule has 1 aromatic carbocycles. The number of carbonyl (C=O) groups excluding carboxylic acids is 2. The van der Waals surface area contributed by atoms with E-state index in [9.17, 15) is 18.0 Å². The Labute approximate surface area is 172 Å². The minimum absolute atomic E-state index is 0.0280. The van der Waals surface area contributed by atoms with Crippen LogP contribution in [0.3, 0.4) is 0 Å². The van der Waals surface area contributed by atoms with E-state index in [1.54, 1.807) is 5.38 Å². The molecule has 0 fully saturated rings. The van der Waals surface area contributed by atoms with Crippen molar-refractivity contribution in [3.8, 4) is 0 Å². The fraction of sp³-hybridized carbons (Fsp3) is 0.353. The van der Waals surface area contributed by atoms with Crippen LogP contribution in [0.4, 0.5) is 5.13 Å². The van der Waals surface area contributed by atoms with Crippen molar-refractivity contribution < 1.29 is 22.7 Å². The molecule has 0 unspecified atom stereocenters. The van der Waals surface area contributed by atoms with Crippen LogP contribution in [0, 0.1) is 0 Å². The number of hydrogen-bond donors (Lipinski definition) is 0. The number of carbonyl (C=O) groups is 2. The fourth-order valence-electron chi connectivity index (χ4n) is 2.23. The molecular formula is C17H20ClN3O5S2. The van der Waals surface area contributed by atoms with Gasteiger partial charge in [0.15, 0.2) is 5.13 Å². The van der Waals surface area contributed by atoms with Crippen LogP contribution in [0.25, 0.3) is 0 Å². The maximum atomic E-state index is 12.5. The van der Waals surface area contributed by atoms with Gasteiger partial charge in [-0.25, -0.2) is 13.4 Å². The number of aromatic nitrogens is 1. The first-order valence-electron chi connectivity index (χ1n) is 8.25. The summed E-state index contributed by atoms with van der Waals surface area (Å²) in [7, 11) is -2.55. The maximum absolute atomic E-state index is 12.5. The standard InChI is InChI=1S/C17H20ClN3O5S2/c1-4-21(12(2)22)17-19-14(11-27-17)10-26-16(23)9-20(3)28(24,25)15-7-5-13(18)6-8-15/h5-8,11H,4,9-10H2,1-3H3. The number of nitrogens with zero attached hydrogens (tertiary/aromatic N) is 3. The molecule has 0 saturated heterocycles. The molecule has 28 heavy (non-hydrogen) atoms. The van der Waals surface area contributed by atoms with Gasteiger partial charge in [-0.2, -0.15) is 4.31 Å². The van der Waals surface area contributed by atoms with Gasteiger partial charge in [-0.3, -0.25) is 14.5 Å².